The minimum absolute atomic E-state index is 0.168. The molecule has 0 aliphatic carbocycles. The van der Waals surface area contributed by atoms with E-state index >= 15 is 0 Å². The van der Waals surface area contributed by atoms with Gasteiger partial charge in [-0.1, -0.05) is 23.4 Å². The fourth-order valence-corrected chi connectivity index (χ4v) is 2.81. The number of carbonyl (C=O) groups is 1. The van der Waals surface area contributed by atoms with Gasteiger partial charge in [0.05, 0.1) is 12.2 Å². The molecule has 7 nitrogen and oxygen atoms in total. The minimum atomic E-state index is -0.324. The van der Waals surface area contributed by atoms with Gasteiger partial charge in [0.2, 0.25) is 0 Å². The lowest BCUT2D eigenvalue weighted by molar-refractivity contribution is 0.0941. The van der Waals surface area contributed by atoms with Crippen LogP contribution in [-0.2, 0) is 13.2 Å². The Kier molecular flexibility index (Phi) is 4.97. The van der Waals surface area contributed by atoms with E-state index in [-0.39, 0.29) is 18.2 Å². The fourth-order valence-electron chi connectivity index (χ4n) is 2.81. The van der Waals surface area contributed by atoms with Crippen LogP contribution in [0, 0.1) is 6.92 Å². The van der Waals surface area contributed by atoms with Gasteiger partial charge in [0, 0.05) is 34.9 Å². The highest BCUT2D eigenvalue weighted by molar-refractivity contribution is 5.92. The molecule has 0 bridgehead atoms. The van der Waals surface area contributed by atoms with Gasteiger partial charge in [0.15, 0.2) is 11.5 Å². The molecule has 140 valence electrons. The summed E-state index contributed by atoms with van der Waals surface area (Å²) in [5, 5.41) is 8.55. The summed E-state index contributed by atoms with van der Waals surface area (Å²) in [6.45, 7) is 2.39. The summed E-state index contributed by atoms with van der Waals surface area (Å²) in [5.74, 6) is 0.854. The number of aryl methyl sites for hydroxylation is 1. The highest BCUT2D eigenvalue weighted by Crippen LogP contribution is 2.25. The molecule has 0 saturated heterocycles. The molecule has 1 amide bonds. The maximum Gasteiger partial charge on any atom is 0.273 e. The van der Waals surface area contributed by atoms with Crippen LogP contribution in [0.5, 0.6) is 5.75 Å². The van der Waals surface area contributed by atoms with Crippen molar-refractivity contribution >= 4 is 16.7 Å². The molecule has 0 fully saturated rings. The smallest absolute Gasteiger partial charge is 0.273 e. The third kappa shape index (κ3) is 3.98. The van der Waals surface area contributed by atoms with Crippen molar-refractivity contribution in [3.63, 3.8) is 0 Å². The Balaban J connectivity index is 1.38. The number of aromatic nitrogens is 3. The summed E-state index contributed by atoms with van der Waals surface area (Å²) in [5.41, 5.74) is 1.89. The predicted molar refractivity (Wildman–Crippen MR) is 103 cm³/mol. The van der Waals surface area contributed by atoms with E-state index in [2.05, 4.69) is 20.4 Å². The molecule has 0 saturated carbocycles. The Morgan fingerprint density at radius 1 is 1.18 bits per heavy atom. The summed E-state index contributed by atoms with van der Waals surface area (Å²) in [6, 6.07) is 14.9. The Morgan fingerprint density at radius 2 is 2.07 bits per heavy atom. The molecule has 1 N–H and O–H groups in total. The second-order valence-electron chi connectivity index (χ2n) is 6.27. The average molecular weight is 374 g/mol. The van der Waals surface area contributed by atoms with Gasteiger partial charge in [0.1, 0.15) is 12.4 Å². The monoisotopic (exact) mass is 374 g/mol. The van der Waals surface area contributed by atoms with Crippen LogP contribution in [0.4, 0.5) is 0 Å². The molecule has 0 unspecified atom stereocenters. The van der Waals surface area contributed by atoms with E-state index in [1.807, 2.05) is 49.4 Å². The largest absolute Gasteiger partial charge is 0.485 e. The van der Waals surface area contributed by atoms with Crippen molar-refractivity contribution in [2.75, 3.05) is 0 Å². The topological polar surface area (TPSA) is 90.1 Å². The number of fused-ring (bicyclic) bond motifs is 1. The number of ether oxygens (including phenoxy) is 1. The molecule has 0 atom stereocenters. The molecule has 3 heterocycles. The number of nitrogens with zero attached hydrogens (tertiary/aromatic N) is 3. The van der Waals surface area contributed by atoms with Crippen LogP contribution in [0.3, 0.4) is 0 Å². The first-order valence-corrected chi connectivity index (χ1v) is 8.81. The quantitative estimate of drug-likeness (QED) is 0.556. The van der Waals surface area contributed by atoms with E-state index in [4.69, 9.17) is 9.26 Å². The van der Waals surface area contributed by atoms with Gasteiger partial charge < -0.3 is 14.6 Å². The summed E-state index contributed by atoms with van der Waals surface area (Å²) in [6.07, 6.45) is 3.50. The lowest BCUT2D eigenvalue weighted by Crippen LogP contribution is -2.23. The lowest BCUT2D eigenvalue weighted by atomic mass is 10.1. The van der Waals surface area contributed by atoms with Crippen LogP contribution < -0.4 is 10.1 Å². The van der Waals surface area contributed by atoms with Gasteiger partial charge in [-0.2, -0.15) is 0 Å². The molecule has 0 aliphatic heterocycles. The second-order valence-corrected chi connectivity index (χ2v) is 6.27. The Morgan fingerprint density at radius 3 is 2.96 bits per heavy atom. The van der Waals surface area contributed by atoms with E-state index in [0.717, 1.165) is 22.2 Å². The van der Waals surface area contributed by atoms with Crippen molar-refractivity contribution in [3.8, 4) is 5.75 Å². The second kappa shape index (κ2) is 7.87. The summed E-state index contributed by atoms with van der Waals surface area (Å²) in [4.78, 5) is 20.7. The number of hydrogen-bond donors (Lipinski definition) is 1. The number of carbonyl (C=O) groups excluding carboxylic acids is 1. The molecule has 0 spiro atoms. The highest BCUT2D eigenvalue weighted by atomic mass is 16.5. The standard InChI is InChI=1S/C21H18N4O3/c1-14-4-2-6-16(24-14)12-23-21(26)19-10-17(28-25-19)13-27-20-7-3-5-15-11-22-9-8-18(15)20/h2-11H,12-13H2,1H3,(H,23,26). The lowest BCUT2D eigenvalue weighted by Gasteiger charge is -2.07. The van der Waals surface area contributed by atoms with Gasteiger partial charge in [-0.05, 0) is 31.2 Å². The van der Waals surface area contributed by atoms with Gasteiger partial charge >= 0.3 is 0 Å². The Hall–Kier alpha value is -3.74. The van der Waals surface area contributed by atoms with Crippen LogP contribution >= 0.6 is 0 Å². The summed E-state index contributed by atoms with van der Waals surface area (Å²) < 4.78 is 11.1. The normalized spacial score (nSPS) is 10.8. The minimum Gasteiger partial charge on any atom is -0.485 e. The zero-order valence-electron chi connectivity index (χ0n) is 15.3. The SMILES string of the molecule is Cc1cccc(CNC(=O)c2cc(COc3cccc4cnccc34)on2)n1. The Labute approximate surface area is 161 Å². The summed E-state index contributed by atoms with van der Waals surface area (Å²) in [7, 11) is 0. The van der Waals surface area contributed by atoms with Crippen LogP contribution in [0.15, 0.2) is 65.4 Å². The number of amides is 1. The van der Waals surface area contributed by atoms with Crippen LogP contribution in [0.25, 0.3) is 10.8 Å². The fraction of sp³-hybridized carbons (Fsp3) is 0.143. The van der Waals surface area contributed by atoms with E-state index in [1.54, 1.807) is 18.5 Å². The third-order valence-electron chi connectivity index (χ3n) is 4.18. The van der Waals surface area contributed by atoms with Gasteiger partial charge in [-0.25, -0.2) is 0 Å². The molecule has 28 heavy (non-hydrogen) atoms. The summed E-state index contributed by atoms with van der Waals surface area (Å²) >= 11 is 0. The third-order valence-corrected chi connectivity index (χ3v) is 4.18. The number of benzene rings is 1. The van der Waals surface area contributed by atoms with E-state index in [9.17, 15) is 4.79 Å². The molecule has 4 rings (SSSR count). The van der Waals surface area contributed by atoms with Crippen molar-refractivity contribution in [1.82, 2.24) is 20.4 Å². The van der Waals surface area contributed by atoms with E-state index in [1.165, 1.54) is 0 Å². The average Bonchev–Trinajstić information content (AvgIpc) is 3.20. The maximum atomic E-state index is 12.3. The van der Waals surface area contributed by atoms with Gasteiger partial charge in [0.25, 0.3) is 5.91 Å². The molecule has 0 radical (unpaired) electrons. The first-order valence-electron chi connectivity index (χ1n) is 8.81. The van der Waals surface area contributed by atoms with E-state index < -0.39 is 0 Å². The molecule has 1 aromatic carbocycles. The first-order chi connectivity index (χ1) is 13.7. The van der Waals surface area contributed by atoms with Crippen molar-refractivity contribution in [2.24, 2.45) is 0 Å². The van der Waals surface area contributed by atoms with Crippen molar-refractivity contribution < 1.29 is 14.1 Å². The van der Waals surface area contributed by atoms with Crippen LogP contribution in [0.2, 0.25) is 0 Å². The molecular weight excluding hydrogens is 356 g/mol. The number of pyridine rings is 2. The number of hydrogen-bond acceptors (Lipinski definition) is 6. The number of rotatable bonds is 6. The highest BCUT2D eigenvalue weighted by Gasteiger charge is 2.13. The van der Waals surface area contributed by atoms with Gasteiger partial charge in [-0.15, -0.1) is 0 Å². The zero-order chi connectivity index (χ0) is 19.3. The molecular formula is C21H18N4O3. The van der Waals surface area contributed by atoms with Crippen molar-refractivity contribution in [3.05, 3.63) is 83.8 Å². The van der Waals surface area contributed by atoms with Gasteiger partial charge in [-0.3, -0.25) is 14.8 Å². The maximum absolute atomic E-state index is 12.3. The molecule has 4 aromatic rings. The Bertz CT molecular complexity index is 1120. The molecule has 3 aromatic heterocycles. The predicted octanol–water partition coefficient (Wildman–Crippen LogP) is 3.44. The van der Waals surface area contributed by atoms with E-state index in [0.29, 0.717) is 18.1 Å². The van der Waals surface area contributed by atoms with Crippen LogP contribution in [-0.4, -0.2) is 21.0 Å². The van der Waals surface area contributed by atoms with Crippen molar-refractivity contribution in [2.45, 2.75) is 20.1 Å². The molecule has 7 heteroatoms. The number of nitrogens with one attached hydrogen (secondary N) is 1. The van der Waals surface area contributed by atoms with Crippen LogP contribution in [0.1, 0.15) is 27.6 Å². The zero-order valence-corrected chi connectivity index (χ0v) is 15.3. The molecule has 0 aliphatic rings. The van der Waals surface area contributed by atoms with Crippen molar-refractivity contribution in [1.29, 1.82) is 0 Å². The first kappa shape index (κ1) is 17.7.